The van der Waals surface area contributed by atoms with Gasteiger partial charge < -0.3 is 10.2 Å². The Balaban J connectivity index is 2.07. The van der Waals surface area contributed by atoms with Gasteiger partial charge in [0.05, 0.1) is 15.6 Å². The summed E-state index contributed by atoms with van der Waals surface area (Å²) < 4.78 is 0. The number of nitrogens with one attached hydrogen (secondary N) is 1. The number of benzene rings is 1. The number of nitro benzene ring substituents is 1. The van der Waals surface area contributed by atoms with Crippen molar-refractivity contribution >= 4 is 28.9 Å². The minimum absolute atomic E-state index is 0.0148. The van der Waals surface area contributed by atoms with Gasteiger partial charge in [-0.2, -0.15) is 0 Å². The Morgan fingerprint density at radius 2 is 2.10 bits per heavy atom. The predicted octanol–water partition coefficient (Wildman–Crippen LogP) is 2.21. The summed E-state index contributed by atoms with van der Waals surface area (Å²) in [6.07, 6.45) is 1.51. The number of hydrogen-bond donors (Lipinski definition) is 1. The van der Waals surface area contributed by atoms with Crippen LogP contribution in [-0.2, 0) is 4.79 Å². The lowest BCUT2D eigenvalue weighted by Crippen LogP contribution is -2.39. The van der Waals surface area contributed by atoms with Crippen molar-refractivity contribution in [3.8, 4) is 0 Å². The number of non-ortho nitro benzene ring substituents is 1. The molecule has 1 fully saturated rings. The van der Waals surface area contributed by atoms with E-state index < -0.39 is 4.92 Å². The van der Waals surface area contributed by atoms with Crippen molar-refractivity contribution in [2.24, 2.45) is 5.92 Å². The number of amides is 1. The van der Waals surface area contributed by atoms with Crippen molar-refractivity contribution in [3.05, 3.63) is 33.3 Å². The zero-order chi connectivity index (χ0) is 14.7. The first-order valence-electron chi connectivity index (χ1n) is 6.43. The summed E-state index contributed by atoms with van der Waals surface area (Å²) in [5, 5.41) is 13.7. The van der Waals surface area contributed by atoms with Crippen LogP contribution in [0.3, 0.4) is 0 Å². The van der Waals surface area contributed by atoms with Crippen LogP contribution in [0.1, 0.15) is 12.8 Å². The number of carbonyl (C=O) groups excluding carboxylic acids is 1. The van der Waals surface area contributed by atoms with E-state index in [-0.39, 0.29) is 17.5 Å². The molecule has 1 N–H and O–H groups in total. The number of piperidine rings is 1. The van der Waals surface area contributed by atoms with Crippen LogP contribution >= 0.6 is 11.6 Å². The number of hydrogen-bond acceptors (Lipinski definition) is 4. The van der Waals surface area contributed by atoms with E-state index in [9.17, 15) is 14.9 Å². The maximum atomic E-state index is 11.6. The molecule has 1 aliphatic rings. The van der Waals surface area contributed by atoms with Crippen molar-refractivity contribution in [2.45, 2.75) is 12.8 Å². The highest BCUT2D eigenvalue weighted by atomic mass is 35.5. The summed E-state index contributed by atoms with van der Waals surface area (Å²) in [5.74, 6) is 0.104. The molecule has 0 atom stereocenters. The number of halogens is 1. The maximum Gasteiger partial charge on any atom is 0.271 e. The minimum Gasteiger partial charge on any atom is -0.370 e. The standard InChI is InChI=1S/C13H16ClN3O3/c1-15-13(18)9-4-6-16(7-5-9)12-3-2-10(17(19)20)8-11(12)14/h2-3,8-9H,4-7H2,1H3,(H,15,18). The molecule has 0 radical (unpaired) electrons. The average molecular weight is 298 g/mol. The Morgan fingerprint density at radius 3 is 2.60 bits per heavy atom. The third-order valence-electron chi connectivity index (χ3n) is 3.59. The van der Waals surface area contributed by atoms with Crippen LogP contribution in [0, 0.1) is 16.0 Å². The molecule has 0 bridgehead atoms. The van der Waals surface area contributed by atoms with Crippen molar-refractivity contribution in [3.63, 3.8) is 0 Å². The van der Waals surface area contributed by atoms with Gasteiger partial charge in [0.1, 0.15) is 0 Å². The molecule has 0 spiro atoms. The molecule has 1 aromatic rings. The van der Waals surface area contributed by atoms with Crippen molar-refractivity contribution < 1.29 is 9.72 Å². The first-order chi connectivity index (χ1) is 9.52. The first-order valence-corrected chi connectivity index (χ1v) is 6.81. The number of nitrogens with zero attached hydrogens (tertiary/aromatic N) is 2. The lowest BCUT2D eigenvalue weighted by molar-refractivity contribution is -0.384. The molecule has 1 amide bonds. The van der Waals surface area contributed by atoms with E-state index in [0.29, 0.717) is 5.02 Å². The lowest BCUT2D eigenvalue weighted by atomic mass is 9.95. The third kappa shape index (κ3) is 3.01. The van der Waals surface area contributed by atoms with E-state index in [4.69, 9.17) is 11.6 Å². The highest BCUT2D eigenvalue weighted by Crippen LogP contribution is 2.32. The van der Waals surface area contributed by atoms with E-state index in [1.165, 1.54) is 12.1 Å². The van der Waals surface area contributed by atoms with Gasteiger partial charge in [0, 0.05) is 38.2 Å². The number of nitro groups is 1. The Labute approximate surface area is 121 Å². The van der Waals surface area contributed by atoms with Gasteiger partial charge in [-0.1, -0.05) is 11.6 Å². The topological polar surface area (TPSA) is 75.5 Å². The molecule has 108 valence electrons. The second kappa shape index (κ2) is 6.09. The van der Waals surface area contributed by atoms with Gasteiger partial charge >= 0.3 is 0 Å². The summed E-state index contributed by atoms with van der Waals surface area (Å²) in [5.41, 5.74) is 0.770. The molecule has 0 saturated carbocycles. The van der Waals surface area contributed by atoms with Crippen LogP contribution in [0.25, 0.3) is 0 Å². The second-order valence-corrected chi connectivity index (χ2v) is 5.18. The zero-order valence-corrected chi connectivity index (χ0v) is 11.9. The molecule has 1 aromatic carbocycles. The third-order valence-corrected chi connectivity index (χ3v) is 3.90. The van der Waals surface area contributed by atoms with E-state index >= 15 is 0 Å². The second-order valence-electron chi connectivity index (χ2n) is 4.77. The van der Waals surface area contributed by atoms with Gasteiger partial charge in [-0.15, -0.1) is 0 Å². The molecule has 20 heavy (non-hydrogen) atoms. The molecule has 2 rings (SSSR count). The summed E-state index contributed by atoms with van der Waals surface area (Å²) in [4.78, 5) is 23.8. The van der Waals surface area contributed by atoms with Gasteiger partial charge in [-0.25, -0.2) is 0 Å². The summed E-state index contributed by atoms with van der Waals surface area (Å²) in [6.45, 7) is 1.44. The summed E-state index contributed by atoms with van der Waals surface area (Å²) in [7, 11) is 1.64. The summed E-state index contributed by atoms with van der Waals surface area (Å²) in [6, 6.07) is 4.48. The predicted molar refractivity (Wildman–Crippen MR) is 77.1 cm³/mol. The molecule has 6 nitrogen and oxygen atoms in total. The van der Waals surface area contributed by atoms with Crippen LogP contribution in [0.4, 0.5) is 11.4 Å². The minimum atomic E-state index is -0.465. The lowest BCUT2D eigenvalue weighted by Gasteiger charge is -2.33. The SMILES string of the molecule is CNC(=O)C1CCN(c2ccc([N+](=O)[O-])cc2Cl)CC1. The molecule has 0 unspecified atom stereocenters. The largest absolute Gasteiger partial charge is 0.370 e. The van der Waals surface area contributed by atoms with Gasteiger partial charge in [-0.05, 0) is 18.9 Å². The fourth-order valence-electron chi connectivity index (χ4n) is 2.45. The monoisotopic (exact) mass is 297 g/mol. The van der Waals surface area contributed by atoms with Crippen molar-refractivity contribution in [1.82, 2.24) is 5.32 Å². The Hall–Kier alpha value is -1.82. The Bertz CT molecular complexity index is 528. The van der Waals surface area contributed by atoms with Gasteiger partial charge in [0.25, 0.3) is 5.69 Å². The van der Waals surface area contributed by atoms with E-state index in [1.54, 1.807) is 13.1 Å². The zero-order valence-electron chi connectivity index (χ0n) is 11.1. The van der Waals surface area contributed by atoms with Gasteiger partial charge in [0.2, 0.25) is 5.91 Å². The molecule has 1 saturated heterocycles. The number of carbonyl (C=O) groups is 1. The fraction of sp³-hybridized carbons (Fsp3) is 0.462. The van der Waals surface area contributed by atoms with Crippen LogP contribution in [-0.4, -0.2) is 31.0 Å². The Kier molecular flexibility index (Phi) is 4.44. The van der Waals surface area contributed by atoms with Gasteiger partial charge in [0.15, 0.2) is 0 Å². The molecule has 1 heterocycles. The van der Waals surface area contributed by atoms with Crippen LogP contribution < -0.4 is 10.2 Å². The molecule has 7 heteroatoms. The molecule has 1 aliphatic heterocycles. The molecular formula is C13H16ClN3O3. The fourth-order valence-corrected chi connectivity index (χ4v) is 2.75. The van der Waals surface area contributed by atoms with Crippen LogP contribution in [0.5, 0.6) is 0 Å². The first kappa shape index (κ1) is 14.6. The quantitative estimate of drug-likeness (QED) is 0.685. The Morgan fingerprint density at radius 1 is 1.45 bits per heavy atom. The van der Waals surface area contributed by atoms with Gasteiger partial charge in [-0.3, -0.25) is 14.9 Å². The van der Waals surface area contributed by atoms with Crippen molar-refractivity contribution in [2.75, 3.05) is 25.0 Å². The normalized spacial score (nSPS) is 16.0. The highest BCUT2D eigenvalue weighted by Gasteiger charge is 2.25. The maximum absolute atomic E-state index is 11.6. The van der Waals surface area contributed by atoms with Crippen molar-refractivity contribution in [1.29, 1.82) is 0 Å². The number of rotatable bonds is 3. The van der Waals surface area contributed by atoms with E-state index in [1.807, 2.05) is 0 Å². The van der Waals surface area contributed by atoms with E-state index in [2.05, 4.69) is 10.2 Å². The molecule has 0 aliphatic carbocycles. The average Bonchev–Trinajstić information content (AvgIpc) is 2.46. The van der Waals surface area contributed by atoms with Crippen LogP contribution in [0.2, 0.25) is 5.02 Å². The molecular weight excluding hydrogens is 282 g/mol. The highest BCUT2D eigenvalue weighted by molar-refractivity contribution is 6.33. The summed E-state index contributed by atoms with van der Waals surface area (Å²) >= 11 is 6.11. The van der Waals surface area contributed by atoms with E-state index in [0.717, 1.165) is 31.6 Å². The smallest absolute Gasteiger partial charge is 0.271 e. The number of anilines is 1. The van der Waals surface area contributed by atoms with Crippen LogP contribution in [0.15, 0.2) is 18.2 Å². The molecule has 0 aromatic heterocycles.